The zero-order valence-corrected chi connectivity index (χ0v) is 19.3. The van der Waals surface area contributed by atoms with E-state index in [4.69, 9.17) is 4.42 Å². The van der Waals surface area contributed by atoms with E-state index in [1.807, 2.05) is 30.3 Å². The van der Waals surface area contributed by atoms with Gasteiger partial charge in [0.25, 0.3) is 11.6 Å². The maximum absolute atomic E-state index is 13.1. The van der Waals surface area contributed by atoms with Gasteiger partial charge >= 0.3 is 0 Å². The Hall–Kier alpha value is -3.65. The summed E-state index contributed by atoms with van der Waals surface area (Å²) in [6.07, 6.45) is 1.72. The summed E-state index contributed by atoms with van der Waals surface area (Å²) in [6.45, 7) is 6.49. The molecule has 0 atom stereocenters. The van der Waals surface area contributed by atoms with E-state index in [0.29, 0.717) is 28.1 Å². The van der Waals surface area contributed by atoms with Gasteiger partial charge < -0.3 is 4.42 Å². The average molecular weight is 462 g/mol. The summed E-state index contributed by atoms with van der Waals surface area (Å²) < 4.78 is 5.96. The standard InChI is InChI=1S/C25H23N3O4S/c1-16(2)15-27-24(29)23(33-25(27)26-18-7-5-4-6-8-18)14-20-10-12-22(32-20)21-11-9-19(28(30)31)13-17(21)3/h4-14,16H,15H2,1-3H3/b23-14+,26-25?. The van der Waals surface area contributed by atoms with Crippen molar-refractivity contribution < 1.29 is 14.1 Å². The van der Waals surface area contributed by atoms with Gasteiger partial charge in [0.1, 0.15) is 11.5 Å². The molecule has 1 amide bonds. The average Bonchev–Trinajstić information content (AvgIpc) is 3.34. The Balaban J connectivity index is 1.63. The fraction of sp³-hybridized carbons (Fsp3) is 0.200. The summed E-state index contributed by atoms with van der Waals surface area (Å²) in [5.74, 6) is 1.30. The number of carbonyl (C=O) groups excluding carboxylic acids is 1. The lowest BCUT2D eigenvalue weighted by atomic mass is 10.1. The first-order valence-electron chi connectivity index (χ1n) is 10.5. The molecule has 4 rings (SSSR count). The van der Waals surface area contributed by atoms with E-state index in [9.17, 15) is 14.9 Å². The number of hydrogen-bond acceptors (Lipinski definition) is 6. The molecule has 0 N–H and O–H groups in total. The summed E-state index contributed by atoms with van der Waals surface area (Å²) in [5, 5.41) is 11.6. The van der Waals surface area contributed by atoms with Crippen molar-refractivity contribution in [2.75, 3.05) is 6.54 Å². The lowest BCUT2D eigenvalue weighted by molar-refractivity contribution is -0.384. The smallest absolute Gasteiger partial charge is 0.269 e. The third-order valence-corrected chi connectivity index (χ3v) is 6.01. The number of aliphatic imine (C=N–C) groups is 1. The molecule has 2 aromatic carbocycles. The Bertz CT molecular complexity index is 1260. The highest BCUT2D eigenvalue weighted by Gasteiger charge is 2.34. The van der Waals surface area contributed by atoms with E-state index in [2.05, 4.69) is 18.8 Å². The molecule has 0 bridgehead atoms. The Kier molecular flexibility index (Phi) is 6.46. The number of aryl methyl sites for hydroxylation is 1. The van der Waals surface area contributed by atoms with Gasteiger partial charge in [0.2, 0.25) is 0 Å². The molecule has 0 unspecified atom stereocenters. The summed E-state index contributed by atoms with van der Waals surface area (Å²) in [6, 6.07) is 17.8. The minimum atomic E-state index is -0.421. The first-order chi connectivity index (χ1) is 15.8. The second kappa shape index (κ2) is 9.46. The van der Waals surface area contributed by atoms with Crippen LogP contribution in [0.4, 0.5) is 11.4 Å². The topological polar surface area (TPSA) is 89.0 Å². The van der Waals surface area contributed by atoms with Crippen molar-refractivity contribution >= 4 is 40.3 Å². The highest BCUT2D eigenvalue weighted by Crippen LogP contribution is 2.36. The molecule has 168 valence electrons. The number of rotatable bonds is 6. The van der Waals surface area contributed by atoms with Crippen LogP contribution >= 0.6 is 11.8 Å². The summed E-state index contributed by atoms with van der Waals surface area (Å²) in [7, 11) is 0. The number of carbonyl (C=O) groups is 1. The summed E-state index contributed by atoms with van der Waals surface area (Å²) in [5.41, 5.74) is 2.33. The van der Waals surface area contributed by atoms with Crippen LogP contribution in [0.1, 0.15) is 25.2 Å². The predicted molar refractivity (Wildman–Crippen MR) is 131 cm³/mol. The SMILES string of the molecule is Cc1cc([N+](=O)[O-])ccc1-c1ccc(/C=C2/SC(=Nc3ccccc3)N(CC(C)C)C2=O)o1. The van der Waals surface area contributed by atoms with Crippen molar-refractivity contribution in [1.29, 1.82) is 0 Å². The molecule has 1 aromatic heterocycles. The molecule has 1 aliphatic heterocycles. The van der Waals surface area contributed by atoms with Crippen LogP contribution in [0.2, 0.25) is 0 Å². The molecule has 0 aliphatic carbocycles. The third kappa shape index (κ3) is 5.06. The van der Waals surface area contributed by atoms with Crippen molar-refractivity contribution in [3.8, 4) is 11.3 Å². The van der Waals surface area contributed by atoms with Crippen LogP contribution in [0.5, 0.6) is 0 Å². The number of amidine groups is 1. The van der Waals surface area contributed by atoms with Gasteiger partial charge in [0.05, 0.1) is 15.5 Å². The molecule has 2 heterocycles. The predicted octanol–water partition coefficient (Wildman–Crippen LogP) is 6.42. The summed E-state index contributed by atoms with van der Waals surface area (Å²) in [4.78, 5) is 30.6. The maximum Gasteiger partial charge on any atom is 0.269 e. The van der Waals surface area contributed by atoms with E-state index in [0.717, 1.165) is 16.8 Å². The Morgan fingerprint density at radius 1 is 1.15 bits per heavy atom. The molecule has 0 saturated carbocycles. The van der Waals surface area contributed by atoms with E-state index in [1.54, 1.807) is 36.1 Å². The molecule has 1 saturated heterocycles. The van der Waals surface area contributed by atoms with Crippen LogP contribution < -0.4 is 0 Å². The number of nitro groups is 1. The molecule has 1 aliphatic rings. The molecule has 0 radical (unpaired) electrons. The third-order valence-electron chi connectivity index (χ3n) is 5.00. The zero-order chi connectivity index (χ0) is 23.5. The highest BCUT2D eigenvalue weighted by atomic mass is 32.2. The van der Waals surface area contributed by atoms with Crippen LogP contribution in [0.25, 0.3) is 17.4 Å². The first-order valence-corrected chi connectivity index (χ1v) is 11.3. The monoisotopic (exact) mass is 461 g/mol. The Morgan fingerprint density at radius 3 is 2.58 bits per heavy atom. The van der Waals surface area contributed by atoms with Gasteiger partial charge in [0.15, 0.2) is 5.17 Å². The number of amides is 1. The van der Waals surface area contributed by atoms with Crippen LogP contribution in [0.3, 0.4) is 0 Å². The minimum Gasteiger partial charge on any atom is -0.457 e. The fourth-order valence-corrected chi connectivity index (χ4v) is 4.46. The molecule has 0 spiro atoms. The Labute approximate surface area is 196 Å². The largest absolute Gasteiger partial charge is 0.457 e. The molecule has 33 heavy (non-hydrogen) atoms. The van der Waals surface area contributed by atoms with Crippen molar-refractivity contribution in [2.45, 2.75) is 20.8 Å². The van der Waals surface area contributed by atoms with E-state index >= 15 is 0 Å². The van der Waals surface area contributed by atoms with Crippen molar-refractivity contribution in [3.05, 3.63) is 87.0 Å². The quantitative estimate of drug-likeness (QED) is 0.240. The Morgan fingerprint density at radius 2 is 1.91 bits per heavy atom. The number of benzene rings is 2. The van der Waals surface area contributed by atoms with E-state index < -0.39 is 4.92 Å². The van der Waals surface area contributed by atoms with Crippen molar-refractivity contribution in [2.24, 2.45) is 10.9 Å². The van der Waals surface area contributed by atoms with Crippen LogP contribution in [-0.4, -0.2) is 27.4 Å². The second-order valence-electron chi connectivity index (χ2n) is 8.11. The number of hydrogen-bond donors (Lipinski definition) is 0. The van der Waals surface area contributed by atoms with Crippen molar-refractivity contribution in [1.82, 2.24) is 4.90 Å². The van der Waals surface area contributed by atoms with Crippen molar-refractivity contribution in [3.63, 3.8) is 0 Å². The number of furan rings is 1. The van der Waals surface area contributed by atoms with Crippen LogP contribution in [0.15, 0.2) is 75.0 Å². The minimum absolute atomic E-state index is 0.0357. The van der Waals surface area contributed by atoms with Gasteiger partial charge in [-0.1, -0.05) is 32.0 Å². The van der Waals surface area contributed by atoms with Gasteiger partial charge in [0, 0.05) is 30.3 Å². The summed E-state index contributed by atoms with van der Waals surface area (Å²) >= 11 is 1.32. The van der Waals surface area contributed by atoms with Gasteiger partial charge in [-0.05, 0) is 60.5 Å². The second-order valence-corrected chi connectivity index (χ2v) is 9.12. The number of nitro benzene ring substituents is 1. The zero-order valence-electron chi connectivity index (χ0n) is 18.5. The normalized spacial score (nSPS) is 16.4. The van der Waals surface area contributed by atoms with Gasteiger partial charge in [-0.3, -0.25) is 19.8 Å². The molecular weight excluding hydrogens is 438 g/mol. The maximum atomic E-state index is 13.1. The number of para-hydroxylation sites is 1. The molecule has 3 aromatic rings. The number of thioether (sulfide) groups is 1. The molecule has 7 nitrogen and oxygen atoms in total. The van der Waals surface area contributed by atoms with Crippen LogP contribution in [-0.2, 0) is 4.79 Å². The lowest BCUT2D eigenvalue weighted by Crippen LogP contribution is -2.32. The van der Waals surface area contributed by atoms with Gasteiger partial charge in [-0.2, -0.15) is 0 Å². The first kappa shape index (κ1) is 22.5. The van der Waals surface area contributed by atoms with Gasteiger partial charge in [-0.15, -0.1) is 0 Å². The van der Waals surface area contributed by atoms with Crippen LogP contribution in [0, 0.1) is 23.0 Å². The molecular formula is C25H23N3O4S. The highest BCUT2D eigenvalue weighted by molar-refractivity contribution is 8.18. The lowest BCUT2D eigenvalue weighted by Gasteiger charge is -2.17. The number of nitrogens with zero attached hydrogens (tertiary/aromatic N) is 3. The van der Waals surface area contributed by atoms with E-state index in [1.165, 1.54) is 23.9 Å². The fourth-order valence-electron chi connectivity index (χ4n) is 3.47. The molecule has 1 fully saturated rings. The van der Waals surface area contributed by atoms with E-state index in [-0.39, 0.29) is 17.5 Å². The van der Waals surface area contributed by atoms with Gasteiger partial charge in [-0.25, -0.2) is 4.99 Å². The number of non-ortho nitro benzene ring substituents is 1. The molecule has 8 heteroatoms.